The van der Waals surface area contributed by atoms with Crippen LogP contribution in [0.3, 0.4) is 0 Å². The Hall–Kier alpha value is -2.77. The highest BCUT2D eigenvalue weighted by Crippen LogP contribution is 2.30. The van der Waals surface area contributed by atoms with Crippen LogP contribution in [0.1, 0.15) is 55.1 Å². The van der Waals surface area contributed by atoms with Crippen molar-refractivity contribution in [3.8, 4) is 11.3 Å². The second-order valence-electron chi connectivity index (χ2n) is 10.3. The van der Waals surface area contributed by atoms with E-state index in [0.717, 1.165) is 86.6 Å². The highest BCUT2D eigenvalue weighted by atomic mass is 16.5. The van der Waals surface area contributed by atoms with Gasteiger partial charge in [0, 0.05) is 37.8 Å². The van der Waals surface area contributed by atoms with Crippen molar-refractivity contribution in [1.82, 2.24) is 24.6 Å². The fraction of sp³-hybridized carbons (Fsp3) is 0.536. The van der Waals surface area contributed by atoms with Gasteiger partial charge in [0.15, 0.2) is 5.65 Å². The van der Waals surface area contributed by atoms with Gasteiger partial charge in [0.1, 0.15) is 0 Å². The summed E-state index contributed by atoms with van der Waals surface area (Å²) in [5.74, 6) is 0.785. The molecular formula is C28H37N5O2. The Morgan fingerprint density at radius 3 is 2.57 bits per heavy atom. The van der Waals surface area contributed by atoms with Gasteiger partial charge in [-0.3, -0.25) is 9.69 Å². The summed E-state index contributed by atoms with van der Waals surface area (Å²) in [5, 5.41) is 5.43. The summed E-state index contributed by atoms with van der Waals surface area (Å²) in [6, 6.07) is 10.4. The Kier molecular flexibility index (Phi) is 7.16. The molecule has 4 heterocycles. The lowest BCUT2D eigenvalue weighted by Crippen LogP contribution is -2.41. The molecule has 2 saturated heterocycles. The second kappa shape index (κ2) is 10.5. The number of carbonyl (C=O) groups is 1. The van der Waals surface area contributed by atoms with Crippen molar-refractivity contribution >= 4 is 16.9 Å². The lowest BCUT2D eigenvalue weighted by atomic mass is 9.92. The molecule has 35 heavy (non-hydrogen) atoms. The van der Waals surface area contributed by atoms with E-state index in [1.807, 2.05) is 34.0 Å². The SMILES string of the molecule is Cc1ccccc1-c1cc(C(=O)N2CCC(CCN3CCOCC3)CC2)c2cnn(C(C)C)c2n1. The molecule has 1 amide bonds. The lowest BCUT2D eigenvalue weighted by Gasteiger charge is -2.34. The number of carbonyl (C=O) groups excluding carboxylic acids is 1. The predicted octanol–water partition coefficient (Wildman–Crippen LogP) is 4.56. The number of hydrogen-bond donors (Lipinski definition) is 0. The van der Waals surface area contributed by atoms with Crippen LogP contribution in [0.5, 0.6) is 0 Å². The fourth-order valence-corrected chi connectivity index (χ4v) is 5.36. The molecule has 2 aromatic heterocycles. The smallest absolute Gasteiger partial charge is 0.254 e. The summed E-state index contributed by atoms with van der Waals surface area (Å²) in [6.07, 6.45) is 5.16. The van der Waals surface area contributed by atoms with Crippen LogP contribution in [0.15, 0.2) is 36.5 Å². The maximum Gasteiger partial charge on any atom is 0.254 e. The van der Waals surface area contributed by atoms with Gasteiger partial charge in [0.05, 0.1) is 36.1 Å². The van der Waals surface area contributed by atoms with Crippen molar-refractivity contribution < 1.29 is 9.53 Å². The number of rotatable bonds is 6. The molecule has 1 aromatic carbocycles. The lowest BCUT2D eigenvalue weighted by molar-refractivity contribution is 0.0332. The van der Waals surface area contributed by atoms with E-state index in [4.69, 9.17) is 9.72 Å². The quantitative estimate of drug-likeness (QED) is 0.523. The molecule has 0 unspecified atom stereocenters. The van der Waals surface area contributed by atoms with Gasteiger partial charge in [-0.1, -0.05) is 24.3 Å². The number of likely N-dealkylation sites (tertiary alicyclic amines) is 1. The Morgan fingerprint density at radius 2 is 1.86 bits per heavy atom. The first kappa shape index (κ1) is 23.9. The summed E-state index contributed by atoms with van der Waals surface area (Å²) in [4.78, 5) is 23.3. The average molecular weight is 476 g/mol. The van der Waals surface area contributed by atoms with Crippen LogP contribution in [-0.4, -0.2) is 76.4 Å². The van der Waals surface area contributed by atoms with Crippen molar-refractivity contribution in [1.29, 1.82) is 0 Å². The third-order valence-electron chi connectivity index (χ3n) is 7.57. The highest BCUT2D eigenvalue weighted by Gasteiger charge is 2.27. The standard InChI is InChI=1S/C28H37N5O2/c1-20(2)33-27-25(19-29-33)24(18-26(30-27)23-7-5-4-6-21(23)3)28(34)32-12-9-22(10-13-32)8-11-31-14-16-35-17-15-31/h4-7,18-20,22H,8-17H2,1-3H3. The molecule has 0 radical (unpaired) electrons. The molecular weight excluding hydrogens is 438 g/mol. The normalized spacial score (nSPS) is 18.0. The minimum Gasteiger partial charge on any atom is -0.379 e. The summed E-state index contributed by atoms with van der Waals surface area (Å²) in [6.45, 7) is 12.8. The molecule has 0 N–H and O–H groups in total. The number of benzene rings is 1. The van der Waals surface area contributed by atoms with E-state index >= 15 is 0 Å². The molecule has 0 aliphatic carbocycles. The molecule has 7 heteroatoms. The molecule has 2 aliphatic heterocycles. The topological polar surface area (TPSA) is 63.5 Å². The van der Waals surface area contributed by atoms with Crippen LogP contribution in [0.2, 0.25) is 0 Å². The number of fused-ring (bicyclic) bond motifs is 1. The van der Waals surface area contributed by atoms with Crippen molar-refractivity contribution in [2.24, 2.45) is 5.92 Å². The van der Waals surface area contributed by atoms with Crippen LogP contribution >= 0.6 is 0 Å². The van der Waals surface area contributed by atoms with Crippen LogP contribution in [0.25, 0.3) is 22.3 Å². The van der Waals surface area contributed by atoms with Gasteiger partial charge in [0.25, 0.3) is 5.91 Å². The van der Waals surface area contributed by atoms with Crippen molar-refractivity contribution in [3.63, 3.8) is 0 Å². The predicted molar refractivity (Wildman–Crippen MR) is 139 cm³/mol. The van der Waals surface area contributed by atoms with Crippen LogP contribution in [-0.2, 0) is 4.74 Å². The van der Waals surface area contributed by atoms with Gasteiger partial charge in [0.2, 0.25) is 0 Å². The molecule has 0 atom stereocenters. The summed E-state index contributed by atoms with van der Waals surface area (Å²) >= 11 is 0. The summed E-state index contributed by atoms with van der Waals surface area (Å²) in [7, 11) is 0. The highest BCUT2D eigenvalue weighted by molar-refractivity contribution is 6.06. The van der Waals surface area contributed by atoms with Gasteiger partial charge < -0.3 is 9.64 Å². The average Bonchev–Trinajstić information content (AvgIpc) is 3.32. The van der Waals surface area contributed by atoms with Crippen molar-refractivity contribution in [3.05, 3.63) is 47.7 Å². The second-order valence-corrected chi connectivity index (χ2v) is 10.3. The number of aromatic nitrogens is 3. The zero-order chi connectivity index (χ0) is 24.4. The Balaban J connectivity index is 1.36. The van der Waals surface area contributed by atoms with E-state index in [-0.39, 0.29) is 11.9 Å². The van der Waals surface area contributed by atoms with Crippen LogP contribution < -0.4 is 0 Å². The largest absolute Gasteiger partial charge is 0.379 e. The minimum atomic E-state index is 0.0992. The van der Waals surface area contributed by atoms with Crippen LogP contribution in [0.4, 0.5) is 0 Å². The molecule has 0 bridgehead atoms. The minimum absolute atomic E-state index is 0.0992. The van der Waals surface area contributed by atoms with Gasteiger partial charge in [-0.05, 0) is 64.1 Å². The molecule has 0 saturated carbocycles. The van der Waals surface area contributed by atoms with E-state index in [9.17, 15) is 4.79 Å². The Morgan fingerprint density at radius 1 is 1.11 bits per heavy atom. The maximum atomic E-state index is 13.8. The molecule has 7 nitrogen and oxygen atoms in total. The zero-order valence-corrected chi connectivity index (χ0v) is 21.2. The molecule has 0 spiro atoms. The number of aryl methyl sites for hydroxylation is 1. The number of piperidine rings is 1. The zero-order valence-electron chi connectivity index (χ0n) is 21.2. The van der Waals surface area contributed by atoms with Gasteiger partial charge in [-0.25, -0.2) is 9.67 Å². The number of pyridine rings is 1. The number of morpholine rings is 1. The summed E-state index contributed by atoms with van der Waals surface area (Å²) < 4.78 is 7.39. The van der Waals surface area contributed by atoms with E-state index < -0.39 is 0 Å². The number of hydrogen-bond acceptors (Lipinski definition) is 5. The van der Waals surface area contributed by atoms with E-state index in [2.05, 4.69) is 42.9 Å². The van der Waals surface area contributed by atoms with E-state index in [1.165, 1.54) is 6.42 Å². The van der Waals surface area contributed by atoms with Gasteiger partial charge in [-0.2, -0.15) is 5.10 Å². The first-order chi connectivity index (χ1) is 17.0. The Labute approximate surface area is 208 Å². The van der Waals surface area contributed by atoms with Crippen molar-refractivity contribution in [2.75, 3.05) is 45.9 Å². The fourth-order valence-electron chi connectivity index (χ4n) is 5.36. The Bertz CT molecular complexity index is 1170. The van der Waals surface area contributed by atoms with Gasteiger partial charge >= 0.3 is 0 Å². The third-order valence-corrected chi connectivity index (χ3v) is 7.57. The molecule has 186 valence electrons. The van der Waals surface area contributed by atoms with Crippen LogP contribution in [0, 0.1) is 12.8 Å². The van der Waals surface area contributed by atoms with E-state index in [0.29, 0.717) is 11.5 Å². The number of amides is 1. The molecule has 5 rings (SSSR count). The third kappa shape index (κ3) is 5.11. The summed E-state index contributed by atoms with van der Waals surface area (Å²) in [5.41, 5.74) is 4.54. The number of ether oxygens (including phenoxy) is 1. The first-order valence-electron chi connectivity index (χ1n) is 13.0. The monoisotopic (exact) mass is 475 g/mol. The maximum absolute atomic E-state index is 13.8. The van der Waals surface area contributed by atoms with E-state index in [1.54, 1.807) is 0 Å². The van der Waals surface area contributed by atoms with Gasteiger partial charge in [-0.15, -0.1) is 0 Å². The van der Waals surface area contributed by atoms with Crippen molar-refractivity contribution in [2.45, 2.75) is 46.1 Å². The molecule has 2 aliphatic rings. The first-order valence-corrected chi connectivity index (χ1v) is 13.0. The molecule has 2 fully saturated rings. The number of nitrogens with zero attached hydrogens (tertiary/aromatic N) is 5. The molecule has 3 aromatic rings.